The van der Waals surface area contributed by atoms with E-state index < -0.39 is 0 Å². The highest BCUT2D eigenvalue weighted by molar-refractivity contribution is 5.84. The number of para-hydroxylation sites is 1. The molecule has 0 N–H and O–H groups in total. The molecule has 25 heavy (non-hydrogen) atoms. The Balaban J connectivity index is 1.42. The molecule has 0 amide bonds. The minimum Gasteiger partial charge on any atom is -0.494 e. The zero-order valence-corrected chi connectivity index (χ0v) is 14.9. The molecular formula is C22H25NO2. The van der Waals surface area contributed by atoms with E-state index in [1.165, 1.54) is 5.56 Å². The molecule has 3 nitrogen and oxygen atoms in total. The maximum atomic E-state index is 5.90. The van der Waals surface area contributed by atoms with E-state index in [-0.39, 0.29) is 0 Å². The van der Waals surface area contributed by atoms with Crippen LogP contribution in [0.25, 0.3) is 10.9 Å². The van der Waals surface area contributed by atoms with Gasteiger partial charge in [0, 0.05) is 11.6 Å². The molecular weight excluding hydrogens is 310 g/mol. The minimum atomic E-state index is 0.520. The van der Waals surface area contributed by atoms with E-state index in [1.807, 2.05) is 36.4 Å². The van der Waals surface area contributed by atoms with Crippen LogP contribution in [0.2, 0.25) is 0 Å². The third-order valence-corrected chi connectivity index (χ3v) is 4.19. The molecule has 3 aromatic rings. The van der Waals surface area contributed by atoms with Crippen molar-refractivity contribution in [3.05, 3.63) is 66.4 Å². The van der Waals surface area contributed by atoms with Gasteiger partial charge in [0.05, 0.1) is 13.2 Å². The standard InChI is InChI=1S/C22H25NO2/c1-17(2)19-9-5-11-20(16-19)24-14-3-4-15-25-21-12-6-8-18-10-7-13-23-22(18)21/h5-13,16-17H,3-4,14-15H2,1-2H3. The van der Waals surface area contributed by atoms with Crippen molar-refractivity contribution in [2.45, 2.75) is 32.6 Å². The van der Waals surface area contributed by atoms with Crippen molar-refractivity contribution in [1.82, 2.24) is 4.98 Å². The van der Waals surface area contributed by atoms with E-state index in [2.05, 4.69) is 37.0 Å². The van der Waals surface area contributed by atoms with Crippen molar-refractivity contribution in [1.29, 1.82) is 0 Å². The van der Waals surface area contributed by atoms with Gasteiger partial charge in [0.2, 0.25) is 0 Å². The Morgan fingerprint density at radius 2 is 1.64 bits per heavy atom. The second-order valence-corrected chi connectivity index (χ2v) is 6.46. The fraction of sp³-hybridized carbons (Fsp3) is 0.318. The predicted octanol–water partition coefficient (Wildman–Crippen LogP) is 5.60. The smallest absolute Gasteiger partial charge is 0.145 e. The highest BCUT2D eigenvalue weighted by Crippen LogP contribution is 2.23. The number of benzene rings is 2. The third-order valence-electron chi connectivity index (χ3n) is 4.19. The van der Waals surface area contributed by atoms with E-state index in [1.54, 1.807) is 6.20 Å². The summed E-state index contributed by atoms with van der Waals surface area (Å²) in [5.74, 6) is 2.32. The fourth-order valence-corrected chi connectivity index (χ4v) is 2.73. The lowest BCUT2D eigenvalue weighted by Gasteiger charge is -2.11. The normalized spacial score (nSPS) is 11.0. The SMILES string of the molecule is CC(C)c1cccc(OCCCCOc2cccc3cccnc23)c1. The van der Waals surface area contributed by atoms with Gasteiger partial charge in [0.15, 0.2) is 0 Å². The average molecular weight is 335 g/mol. The van der Waals surface area contributed by atoms with Crippen LogP contribution in [0.5, 0.6) is 11.5 Å². The highest BCUT2D eigenvalue weighted by Gasteiger charge is 2.03. The second kappa shape index (κ2) is 8.52. The van der Waals surface area contributed by atoms with Crippen LogP contribution in [0.15, 0.2) is 60.8 Å². The van der Waals surface area contributed by atoms with Crippen molar-refractivity contribution in [3.8, 4) is 11.5 Å². The third kappa shape index (κ3) is 4.72. The van der Waals surface area contributed by atoms with Gasteiger partial charge in [-0.2, -0.15) is 0 Å². The summed E-state index contributed by atoms with van der Waals surface area (Å²) in [5, 5.41) is 1.10. The Morgan fingerprint density at radius 3 is 2.48 bits per heavy atom. The van der Waals surface area contributed by atoms with Gasteiger partial charge in [0.25, 0.3) is 0 Å². The van der Waals surface area contributed by atoms with Crippen molar-refractivity contribution < 1.29 is 9.47 Å². The number of ether oxygens (including phenoxy) is 2. The summed E-state index contributed by atoms with van der Waals surface area (Å²) in [4.78, 5) is 4.41. The summed E-state index contributed by atoms with van der Waals surface area (Å²) >= 11 is 0. The zero-order chi connectivity index (χ0) is 17.5. The molecule has 3 heteroatoms. The van der Waals surface area contributed by atoms with Gasteiger partial charge in [-0.3, -0.25) is 4.98 Å². The van der Waals surface area contributed by atoms with Gasteiger partial charge in [0.1, 0.15) is 17.0 Å². The molecule has 0 spiro atoms. The van der Waals surface area contributed by atoms with E-state index in [0.717, 1.165) is 35.2 Å². The summed E-state index contributed by atoms with van der Waals surface area (Å²) in [6, 6.07) is 18.4. The summed E-state index contributed by atoms with van der Waals surface area (Å²) in [6.07, 6.45) is 3.71. The Morgan fingerprint density at radius 1 is 0.880 bits per heavy atom. The molecule has 130 valence electrons. The number of hydrogen-bond donors (Lipinski definition) is 0. The second-order valence-electron chi connectivity index (χ2n) is 6.46. The van der Waals surface area contributed by atoms with E-state index in [9.17, 15) is 0 Å². The van der Waals surface area contributed by atoms with Crippen LogP contribution in [0.4, 0.5) is 0 Å². The molecule has 0 saturated carbocycles. The first kappa shape index (κ1) is 17.3. The molecule has 0 fully saturated rings. The number of unbranched alkanes of at least 4 members (excludes halogenated alkanes) is 1. The van der Waals surface area contributed by atoms with Crippen LogP contribution >= 0.6 is 0 Å². The lowest BCUT2D eigenvalue weighted by Crippen LogP contribution is -2.03. The number of nitrogens with zero attached hydrogens (tertiary/aromatic N) is 1. The van der Waals surface area contributed by atoms with Crippen LogP contribution in [-0.4, -0.2) is 18.2 Å². The molecule has 0 bridgehead atoms. The molecule has 0 saturated heterocycles. The fourth-order valence-electron chi connectivity index (χ4n) is 2.73. The molecule has 0 aliphatic heterocycles. The molecule has 1 aromatic heterocycles. The number of pyridine rings is 1. The molecule has 1 heterocycles. The Bertz CT molecular complexity index is 808. The van der Waals surface area contributed by atoms with Crippen molar-refractivity contribution >= 4 is 10.9 Å². The van der Waals surface area contributed by atoms with E-state index in [0.29, 0.717) is 19.1 Å². The molecule has 0 aliphatic carbocycles. The van der Waals surface area contributed by atoms with Crippen molar-refractivity contribution in [3.63, 3.8) is 0 Å². The van der Waals surface area contributed by atoms with Gasteiger partial charge in [-0.25, -0.2) is 0 Å². The Kier molecular flexibility index (Phi) is 5.89. The van der Waals surface area contributed by atoms with Crippen LogP contribution in [0.3, 0.4) is 0 Å². The first-order valence-corrected chi connectivity index (χ1v) is 8.93. The van der Waals surface area contributed by atoms with Gasteiger partial charge in [-0.15, -0.1) is 0 Å². The monoisotopic (exact) mass is 335 g/mol. The first-order valence-electron chi connectivity index (χ1n) is 8.93. The summed E-state index contributed by atoms with van der Waals surface area (Å²) in [5.41, 5.74) is 2.23. The zero-order valence-electron chi connectivity index (χ0n) is 14.9. The largest absolute Gasteiger partial charge is 0.494 e. The molecule has 0 aliphatic rings. The molecule has 3 rings (SSSR count). The van der Waals surface area contributed by atoms with Crippen LogP contribution < -0.4 is 9.47 Å². The molecule has 0 unspecified atom stereocenters. The van der Waals surface area contributed by atoms with E-state index >= 15 is 0 Å². The maximum Gasteiger partial charge on any atom is 0.145 e. The highest BCUT2D eigenvalue weighted by atomic mass is 16.5. The van der Waals surface area contributed by atoms with Gasteiger partial charge in [-0.1, -0.05) is 44.2 Å². The Hall–Kier alpha value is -2.55. The number of rotatable bonds is 8. The van der Waals surface area contributed by atoms with Gasteiger partial charge < -0.3 is 9.47 Å². The predicted molar refractivity (Wildman–Crippen MR) is 102 cm³/mol. The number of fused-ring (bicyclic) bond motifs is 1. The average Bonchev–Trinajstić information content (AvgIpc) is 2.65. The van der Waals surface area contributed by atoms with Crippen molar-refractivity contribution in [2.75, 3.05) is 13.2 Å². The maximum absolute atomic E-state index is 5.90. The topological polar surface area (TPSA) is 31.4 Å². The first-order chi connectivity index (χ1) is 12.2. The van der Waals surface area contributed by atoms with Gasteiger partial charge in [-0.05, 0) is 48.6 Å². The number of aromatic nitrogens is 1. The van der Waals surface area contributed by atoms with Crippen LogP contribution in [-0.2, 0) is 0 Å². The minimum absolute atomic E-state index is 0.520. The molecule has 0 atom stereocenters. The quantitative estimate of drug-likeness (QED) is 0.502. The molecule has 0 radical (unpaired) electrons. The van der Waals surface area contributed by atoms with E-state index in [4.69, 9.17) is 9.47 Å². The lowest BCUT2D eigenvalue weighted by atomic mass is 10.0. The summed E-state index contributed by atoms with van der Waals surface area (Å²) < 4.78 is 11.8. The van der Waals surface area contributed by atoms with Crippen molar-refractivity contribution in [2.24, 2.45) is 0 Å². The summed E-state index contributed by atoms with van der Waals surface area (Å²) in [7, 11) is 0. The lowest BCUT2D eigenvalue weighted by molar-refractivity contribution is 0.267. The molecule has 2 aromatic carbocycles. The van der Waals surface area contributed by atoms with Gasteiger partial charge >= 0.3 is 0 Å². The van der Waals surface area contributed by atoms with Crippen LogP contribution in [0.1, 0.15) is 38.2 Å². The Labute approximate surface area is 149 Å². The van der Waals surface area contributed by atoms with Crippen LogP contribution in [0, 0.1) is 0 Å². The number of hydrogen-bond acceptors (Lipinski definition) is 3. The summed E-state index contributed by atoms with van der Waals surface area (Å²) in [6.45, 7) is 5.76.